The highest BCUT2D eigenvalue weighted by Crippen LogP contribution is 2.11. The molecule has 0 radical (unpaired) electrons. The van der Waals surface area contributed by atoms with Crippen LogP contribution in [0.5, 0.6) is 0 Å². The Kier molecular flexibility index (Phi) is 10.3. The number of allylic oxidation sites excluding steroid dienone is 4. The van der Waals surface area contributed by atoms with Gasteiger partial charge in [0.15, 0.2) is 17.5 Å². The quantitative estimate of drug-likeness (QED) is 0.264. The fourth-order valence-electron chi connectivity index (χ4n) is 1.64. The summed E-state index contributed by atoms with van der Waals surface area (Å²) < 4.78 is 9.00. The van der Waals surface area contributed by atoms with Gasteiger partial charge in [-0.25, -0.2) is 0 Å². The van der Waals surface area contributed by atoms with Crippen LogP contribution in [0.2, 0.25) is 0 Å². The van der Waals surface area contributed by atoms with Crippen LogP contribution in [0, 0.1) is 5.92 Å². The maximum atomic E-state index is 11.6. The molecule has 6 heteroatoms. The summed E-state index contributed by atoms with van der Waals surface area (Å²) in [4.78, 5) is 45.7. The van der Waals surface area contributed by atoms with E-state index in [-0.39, 0.29) is 24.4 Å². The van der Waals surface area contributed by atoms with E-state index in [0.29, 0.717) is 6.42 Å². The molecular weight excluding hydrogens is 288 g/mol. The maximum absolute atomic E-state index is 11.6. The van der Waals surface area contributed by atoms with Crippen molar-refractivity contribution in [3.05, 3.63) is 24.3 Å². The van der Waals surface area contributed by atoms with E-state index in [0.717, 1.165) is 20.6 Å². The smallest absolute Gasteiger partial charge is 0.320 e. The zero-order valence-electron chi connectivity index (χ0n) is 13.2. The van der Waals surface area contributed by atoms with Gasteiger partial charge in [-0.05, 0) is 25.0 Å². The third-order valence-electron chi connectivity index (χ3n) is 2.82. The molecule has 0 N–H and O–H groups in total. The molecule has 0 saturated heterocycles. The fraction of sp³-hybridized carbons (Fsp3) is 0.500. The summed E-state index contributed by atoms with van der Waals surface area (Å²) in [6, 6.07) is 0. The minimum Gasteiger partial charge on any atom is -0.468 e. The van der Waals surface area contributed by atoms with E-state index in [4.69, 9.17) is 0 Å². The Morgan fingerprint density at radius 1 is 0.864 bits per heavy atom. The summed E-state index contributed by atoms with van der Waals surface area (Å²) in [5, 5.41) is 0. The molecule has 0 aromatic carbocycles. The lowest BCUT2D eigenvalue weighted by Crippen LogP contribution is -2.27. The fourth-order valence-corrected chi connectivity index (χ4v) is 1.64. The van der Waals surface area contributed by atoms with Crippen molar-refractivity contribution in [2.75, 3.05) is 14.2 Å². The van der Waals surface area contributed by atoms with E-state index in [1.807, 2.05) is 6.92 Å². The van der Waals surface area contributed by atoms with Crippen molar-refractivity contribution in [3.63, 3.8) is 0 Å². The second-order valence-corrected chi connectivity index (χ2v) is 4.54. The molecule has 0 aliphatic rings. The minimum atomic E-state index is -1.10. The average molecular weight is 310 g/mol. The van der Waals surface area contributed by atoms with Gasteiger partial charge >= 0.3 is 11.9 Å². The molecule has 0 atom stereocenters. The lowest BCUT2D eigenvalue weighted by molar-refractivity contribution is -0.159. The van der Waals surface area contributed by atoms with E-state index in [1.54, 1.807) is 0 Å². The van der Waals surface area contributed by atoms with Crippen LogP contribution in [0.1, 0.15) is 32.6 Å². The van der Waals surface area contributed by atoms with Crippen LogP contribution in [-0.2, 0) is 28.7 Å². The number of hydrogen-bond acceptors (Lipinski definition) is 6. The highest BCUT2D eigenvalue weighted by Gasteiger charge is 2.28. The predicted octanol–water partition coefficient (Wildman–Crippen LogP) is 1.78. The molecule has 0 spiro atoms. The lowest BCUT2D eigenvalue weighted by Gasteiger charge is -2.10. The number of carbonyl (C=O) groups excluding carboxylic acids is 4. The second kappa shape index (κ2) is 11.4. The third kappa shape index (κ3) is 8.14. The van der Waals surface area contributed by atoms with Crippen molar-refractivity contribution in [1.82, 2.24) is 0 Å². The van der Waals surface area contributed by atoms with Crippen molar-refractivity contribution < 1.29 is 28.7 Å². The molecule has 0 fully saturated rings. The normalized spacial score (nSPS) is 11.1. The standard InChI is InChI=1S/C16H22O6/c1-4-7-12(17)8-5-6-9-13(18)10-11-14(15(19)21-2)16(20)22-3/h5-6,8-9,14H,4,7,10-11H2,1-3H3. The number of rotatable bonds is 10. The van der Waals surface area contributed by atoms with E-state index in [2.05, 4.69) is 9.47 Å². The SMILES string of the molecule is CCCC(=O)C=CC=CC(=O)CCC(C(=O)OC)C(=O)OC. The largest absolute Gasteiger partial charge is 0.468 e. The van der Waals surface area contributed by atoms with Gasteiger partial charge in [0.1, 0.15) is 0 Å². The van der Waals surface area contributed by atoms with Crippen LogP contribution in [0.25, 0.3) is 0 Å². The predicted molar refractivity (Wildman–Crippen MR) is 80.0 cm³/mol. The van der Waals surface area contributed by atoms with E-state index < -0.39 is 17.9 Å². The summed E-state index contributed by atoms with van der Waals surface area (Å²) in [5.74, 6) is -2.82. The summed E-state index contributed by atoms with van der Waals surface area (Å²) >= 11 is 0. The molecule has 6 nitrogen and oxygen atoms in total. The highest BCUT2D eigenvalue weighted by atomic mass is 16.5. The van der Waals surface area contributed by atoms with Crippen molar-refractivity contribution in [3.8, 4) is 0 Å². The highest BCUT2D eigenvalue weighted by molar-refractivity contribution is 5.96. The molecule has 0 aliphatic heterocycles. The Morgan fingerprint density at radius 2 is 1.32 bits per heavy atom. The Hall–Kier alpha value is -2.24. The van der Waals surface area contributed by atoms with Crippen molar-refractivity contribution in [2.24, 2.45) is 5.92 Å². The van der Waals surface area contributed by atoms with Gasteiger partial charge in [0, 0.05) is 12.8 Å². The maximum Gasteiger partial charge on any atom is 0.320 e. The van der Waals surface area contributed by atoms with Crippen molar-refractivity contribution >= 4 is 23.5 Å². The first-order valence-corrected chi connectivity index (χ1v) is 7.02. The summed E-state index contributed by atoms with van der Waals surface area (Å²) in [5.41, 5.74) is 0. The van der Waals surface area contributed by atoms with Crippen LogP contribution >= 0.6 is 0 Å². The Balaban J connectivity index is 4.38. The van der Waals surface area contributed by atoms with Gasteiger partial charge in [0.2, 0.25) is 0 Å². The van der Waals surface area contributed by atoms with Crippen LogP contribution < -0.4 is 0 Å². The van der Waals surface area contributed by atoms with E-state index >= 15 is 0 Å². The molecule has 0 aromatic heterocycles. The molecule has 0 bridgehead atoms. The van der Waals surface area contributed by atoms with E-state index in [1.165, 1.54) is 24.3 Å². The summed E-state index contributed by atoms with van der Waals surface area (Å²) in [7, 11) is 2.33. The third-order valence-corrected chi connectivity index (χ3v) is 2.82. The minimum absolute atomic E-state index is 0.00210. The molecule has 0 aliphatic carbocycles. The number of esters is 2. The zero-order chi connectivity index (χ0) is 17.0. The number of methoxy groups -OCH3 is 2. The van der Waals surface area contributed by atoms with Gasteiger partial charge in [-0.15, -0.1) is 0 Å². The molecule has 0 aromatic rings. The first-order valence-electron chi connectivity index (χ1n) is 7.02. The van der Waals surface area contributed by atoms with Gasteiger partial charge in [0.25, 0.3) is 0 Å². The Labute approximate surface area is 130 Å². The lowest BCUT2D eigenvalue weighted by atomic mass is 10.0. The van der Waals surface area contributed by atoms with Crippen molar-refractivity contribution in [1.29, 1.82) is 0 Å². The number of hydrogen-bond donors (Lipinski definition) is 0. The Bertz CT molecular complexity index is 445. The average Bonchev–Trinajstić information content (AvgIpc) is 2.51. The van der Waals surface area contributed by atoms with Gasteiger partial charge in [0.05, 0.1) is 14.2 Å². The molecular formula is C16H22O6. The van der Waals surface area contributed by atoms with Crippen LogP contribution in [-0.4, -0.2) is 37.7 Å². The first-order chi connectivity index (χ1) is 10.5. The molecule has 0 unspecified atom stereocenters. The molecule has 122 valence electrons. The van der Waals surface area contributed by atoms with Gasteiger partial charge in [-0.1, -0.05) is 19.1 Å². The van der Waals surface area contributed by atoms with Gasteiger partial charge < -0.3 is 9.47 Å². The Morgan fingerprint density at radius 3 is 1.73 bits per heavy atom. The van der Waals surface area contributed by atoms with Gasteiger partial charge in [-0.2, -0.15) is 0 Å². The summed E-state index contributed by atoms with van der Waals surface area (Å²) in [6.45, 7) is 1.91. The van der Waals surface area contributed by atoms with Crippen molar-refractivity contribution in [2.45, 2.75) is 32.6 Å². The van der Waals surface area contributed by atoms with Crippen LogP contribution in [0.3, 0.4) is 0 Å². The summed E-state index contributed by atoms with van der Waals surface area (Å²) in [6.07, 6.45) is 6.91. The molecule has 0 rings (SSSR count). The monoisotopic (exact) mass is 310 g/mol. The van der Waals surface area contributed by atoms with Crippen LogP contribution in [0.15, 0.2) is 24.3 Å². The zero-order valence-corrected chi connectivity index (χ0v) is 13.2. The number of ketones is 2. The topological polar surface area (TPSA) is 86.7 Å². The number of carbonyl (C=O) groups is 4. The van der Waals surface area contributed by atoms with Gasteiger partial charge in [-0.3, -0.25) is 19.2 Å². The van der Waals surface area contributed by atoms with Crippen LogP contribution in [0.4, 0.5) is 0 Å². The molecule has 0 saturated carbocycles. The molecule has 0 amide bonds. The van der Waals surface area contributed by atoms with E-state index in [9.17, 15) is 19.2 Å². The number of ether oxygens (including phenoxy) is 2. The second-order valence-electron chi connectivity index (χ2n) is 4.54. The molecule has 0 heterocycles. The molecule has 22 heavy (non-hydrogen) atoms. The first kappa shape index (κ1) is 19.8.